The summed E-state index contributed by atoms with van der Waals surface area (Å²) >= 11 is 0. The van der Waals surface area contributed by atoms with Gasteiger partial charge in [-0.25, -0.2) is 0 Å². The largest absolute Gasteiger partial charge is 0.492 e. The Morgan fingerprint density at radius 3 is 2.39 bits per heavy atom. The first-order chi connectivity index (χ1) is 8.80. The van der Waals surface area contributed by atoms with Gasteiger partial charge in [0.05, 0.1) is 0 Å². The van der Waals surface area contributed by atoms with Crippen LogP contribution >= 0.6 is 0 Å². The molecule has 2 nitrogen and oxygen atoms in total. The van der Waals surface area contributed by atoms with Gasteiger partial charge in [-0.15, -0.1) is 0 Å². The smallest absolute Gasteiger partial charge is 0.119 e. The maximum Gasteiger partial charge on any atom is 0.119 e. The van der Waals surface area contributed by atoms with Gasteiger partial charge in [0, 0.05) is 6.04 Å². The third-order valence-corrected chi connectivity index (χ3v) is 3.24. The number of likely N-dealkylation sites (N-methyl/N-ethyl adjacent to an activating group) is 1. The molecule has 1 aromatic rings. The van der Waals surface area contributed by atoms with Crippen molar-refractivity contribution in [3.05, 3.63) is 29.8 Å². The van der Waals surface area contributed by atoms with Gasteiger partial charge in [-0.1, -0.05) is 38.8 Å². The Morgan fingerprint density at radius 1 is 1.11 bits per heavy atom. The zero-order chi connectivity index (χ0) is 13.2. The molecule has 0 fully saturated rings. The molecule has 102 valence electrons. The van der Waals surface area contributed by atoms with Crippen LogP contribution in [0.4, 0.5) is 0 Å². The van der Waals surface area contributed by atoms with Gasteiger partial charge in [-0.05, 0) is 44.0 Å². The van der Waals surface area contributed by atoms with Crippen molar-refractivity contribution in [3.8, 4) is 5.75 Å². The molecular formula is C16H27NO. The first-order valence-electron chi connectivity index (χ1n) is 7.19. The summed E-state index contributed by atoms with van der Waals surface area (Å²) in [7, 11) is 2.00. The molecule has 0 aliphatic carbocycles. The van der Waals surface area contributed by atoms with Gasteiger partial charge in [0.25, 0.3) is 0 Å². The lowest BCUT2D eigenvalue weighted by Crippen LogP contribution is -2.31. The maximum absolute atomic E-state index is 5.81. The molecule has 0 spiro atoms. The normalized spacial score (nSPS) is 12.4. The number of nitrogens with one attached hydrogen (secondary N) is 1. The first kappa shape index (κ1) is 15.0. The quantitative estimate of drug-likeness (QED) is 0.719. The topological polar surface area (TPSA) is 21.3 Å². The molecule has 0 aliphatic heterocycles. The van der Waals surface area contributed by atoms with Crippen molar-refractivity contribution in [2.45, 2.75) is 52.0 Å². The van der Waals surface area contributed by atoms with Crippen LogP contribution in [0.3, 0.4) is 0 Å². The summed E-state index contributed by atoms with van der Waals surface area (Å²) in [5.74, 6) is 0.978. The highest BCUT2D eigenvalue weighted by Gasteiger charge is 2.05. The van der Waals surface area contributed by atoms with Crippen LogP contribution in [-0.4, -0.2) is 19.7 Å². The zero-order valence-corrected chi connectivity index (χ0v) is 12.0. The van der Waals surface area contributed by atoms with E-state index in [4.69, 9.17) is 4.74 Å². The van der Waals surface area contributed by atoms with E-state index in [-0.39, 0.29) is 0 Å². The van der Waals surface area contributed by atoms with Crippen LogP contribution in [0.2, 0.25) is 0 Å². The number of aryl methyl sites for hydroxylation is 1. The molecule has 2 heteroatoms. The number of rotatable bonds is 9. The van der Waals surface area contributed by atoms with Crippen molar-refractivity contribution in [1.29, 1.82) is 0 Å². The standard InChI is InChI=1S/C16H27NO/c1-4-6-8-14-9-11-16(12-10-14)18-13-15(17-3)7-5-2/h9-12,15,17H,4-8,13H2,1-3H3. The highest BCUT2D eigenvalue weighted by Crippen LogP contribution is 2.14. The van der Waals surface area contributed by atoms with Crippen LogP contribution in [0.1, 0.15) is 45.1 Å². The summed E-state index contributed by atoms with van der Waals surface area (Å²) in [5.41, 5.74) is 1.41. The third kappa shape index (κ3) is 5.54. The molecule has 0 aliphatic rings. The predicted molar refractivity (Wildman–Crippen MR) is 78.3 cm³/mol. The summed E-state index contributed by atoms with van der Waals surface area (Å²) in [4.78, 5) is 0. The molecule has 1 unspecified atom stereocenters. The fourth-order valence-electron chi connectivity index (χ4n) is 1.99. The van der Waals surface area contributed by atoms with Crippen molar-refractivity contribution in [3.63, 3.8) is 0 Å². The molecule has 0 saturated carbocycles. The van der Waals surface area contributed by atoms with Crippen LogP contribution in [-0.2, 0) is 6.42 Å². The lowest BCUT2D eigenvalue weighted by atomic mass is 10.1. The zero-order valence-electron chi connectivity index (χ0n) is 12.0. The van der Waals surface area contributed by atoms with Gasteiger partial charge in [0.2, 0.25) is 0 Å². The van der Waals surface area contributed by atoms with E-state index in [0.29, 0.717) is 6.04 Å². The van der Waals surface area contributed by atoms with Gasteiger partial charge in [0.15, 0.2) is 0 Å². The van der Waals surface area contributed by atoms with Crippen molar-refractivity contribution < 1.29 is 4.74 Å². The molecular weight excluding hydrogens is 222 g/mol. The fraction of sp³-hybridized carbons (Fsp3) is 0.625. The summed E-state index contributed by atoms with van der Waals surface area (Å²) in [5, 5.41) is 3.29. The van der Waals surface area contributed by atoms with Crippen LogP contribution in [0, 0.1) is 0 Å². The highest BCUT2D eigenvalue weighted by molar-refractivity contribution is 5.27. The highest BCUT2D eigenvalue weighted by atomic mass is 16.5. The van der Waals surface area contributed by atoms with Crippen molar-refractivity contribution in [1.82, 2.24) is 5.32 Å². The van der Waals surface area contributed by atoms with Crippen LogP contribution in [0.5, 0.6) is 5.75 Å². The summed E-state index contributed by atoms with van der Waals surface area (Å²) in [6, 6.07) is 8.99. The SMILES string of the molecule is CCCCc1ccc(OCC(CCC)NC)cc1. The van der Waals surface area contributed by atoms with E-state index in [9.17, 15) is 0 Å². The summed E-state index contributed by atoms with van der Waals surface area (Å²) in [6.07, 6.45) is 6.03. The van der Waals surface area contributed by atoms with E-state index >= 15 is 0 Å². The van der Waals surface area contributed by atoms with Gasteiger partial charge in [0.1, 0.15) is 12.4 Å². The van der Waals surface area contributed by atoms with Crippen LogP contribution < -0.4 is 10.1 Å². The van der Waals surface area contributed by atoms with Crippen LogP contribution in [0.15, 0.2) is 24.3 Å². The monoisotopic (exact) mass is 249 g/mol. The number of unbranched alkanes of at least 4 members (excludes halogenated alkanes) is 1. The number of ether oxygens (including phenoxy) is 1. The molecule has 0 heterocycles. The van der Waals surface area contributed by atoms with E-state index in [2.05, 4.69) is 43.4 Å². The minimum atomic E-state index is 0.453. The minimum Gasteiger partial charge on any atom is -0.492 e. The first-order valence-corrected chi connectivity index (χ1v) is 7.19. The number of hydrogen-bond donors (Lipinski definition) is 1. The van der Waals surface area contributed by atoms with E-state index in [1.165, 1.54) is 31.2 Å². The van der Waals surface area contributed by atoms with E-state index < -0.39 is 0 Å². The second kappa shape index (κ2) is 8.98. The lowest BCUT2D eigenvalue weighted by Gasteiger charge is -2.16. The van der Waals surface area contributed by atoms with E-state index in [1.54, 1.807) is 0 Å². The number of hydrogen-bond acceptors (Lipinski definition) is 2. The van der Waals surface area contributed by atoms with Gasteiger partial charge in [-0.2, -0.15) is 0 Å². The average Bonchev–Trinajstić information content (AvgIpc) is 2.42. The molecule has 1 atom stereocenters. The van der Waals surface area contributed by atoms with Crippen molar-refractivity contribution in [2.75, 3.05) is 13.7 Å². The molecule has 1 rings (SSSR count). The molecule has 18 heavy (non-hydrogen) atoms. The Morgan fingerprint density at radius 2 is 1.83 bits per heavy atom. The van der Waals surface area contributed by atoms with Gasteiger partial charge >= 0.3 is 0 Å². The van der Waals surface area contributed by atoms with Crippen molar-refractivity contribution in [2.24, 2.45) is 0 Å². The Balaban J connectivity index is 2.38. The lowest BCUT2D eigenvalue weighted by molar-refractivity contribution is 0.262. The van der Waals surface area contributed by atoms with Gasteiger partial charge in [-0.3, -0.25) is 0 Å². The maximum atomic E-state index is 5.81. The fourth-order valence-corrected chi connectivity index (χ4v) is 1.99. The third-order valence-electron chi connectivity index (χ3n) is 3.24. The van der Waals surface area contributed by atoms with E-state index in [0.717, 1.165) is 18.8 Å². The Hall–Kier alpha value is -1.02. The van der Waals surface area contributed by atoms with Crippen molar-refractivity contribution >= 4 is 0 Å². The second-order valence-electron chi connectivity index (χ2n) is 4.83. The Kier molecular flexibility index (Phi) is 7.51. The van der Waals surface area contributed by atoms with Crippen LogP contribution in [0.25, 0.3) is 0 Å². The molecule has 0 aromatic heterocycles. The Labute approximate surface area is 112 Å². The van der Waals surface area contributed by atoms with Gasteiger partial charge < -0.3 is 10.1 Å². The number of benzene rings is 1. The molecule has 1 aromatic carbocycles. The second-order valence-corrected chi connectivity index (χ2v) is 4.83. The molecule has 0 bridgehead atoms. The average molecular weight is 249 g/mol. The summed E-state index contributed by atoms with van der Waals surface area (Å²) < 4.78 is 5.81. The molecule has 1 N–H and O–H groups in total. The summed E-state index contributed by atoms with van der Waals surface area (Å²) in [6.45, 7) is 5.18. The molecule has 0 amide bonds. The minimum absolute atomic E-state index is 0.453. The molecule has 0 saturated heterocycles. The predicted octanol–water partition coefficient (Wildman–Crippen LogP) is 3.80. The van der Waals surface area contributed by atoms with E-state index in [1.807, 2.05) is 7.05 Å². The molecule has 0 radical (unpaired) electrons. The Bertz CT molecular complexity index is 307.